The summed E-state index contributed by atoms with van der Waals surface area (Å²) in [7, 11) is 0. The maximum absolute atomic E-state index is 12.6. The zero-order valence-corrected chi connectivity index (χ0v) is 7.05. The van der Waals surface area contributed by atoms with Crippen LogP contribution in [0, 0.1) is 0 Å². The summed E-state index contributed by atoms with van der Waals surface area (Å²) in [5, 5.41) is 0. The first-order chi connectivity index (χ1) is 6.15. The van der Waals surface area contributed by atoms with E-state index in [0.717, 1.165) is 0 Å². The lowest BCUT2D eigenvalue weighted by Crippen LogP contribution is -1.91. The molecule has 13 heavy (non-hydrogen) atoms. The Kier molecular flexibility index (Phi) is 2.90. The molecule has 0 atom stereocenters. The minimum absolute atomic E-state index is 0.101. The fraction of sp³-hybridized carbons (Fsp3) is 0.100. The number of ketones is 1. The number of rotatable bonds is 2. The summed E-state index contributed by atoms with van der Waals surface area (Å²) in [6.45, 7) is 1.41. The van der Waals surface area contributed by atoms with Crippen LogP contribution in [0.5, 0.6) is 0 Å². The fourth-order valence-electron chi connectivity index (χ4n) is 0.927. The van der Waals surface area contributed by atoms with E-state index >= 15 is 0 Å². The van der Waals surface area contributed by atoms with Crippen LogP contribution in [0.25, 0.3) is 5.83 Å². The van der Waals surface area contributed by atoms with Gasteiger partial charge in [0.05, 0.1) is 0 Å². The second-order valence-electron chi connectivity index (χ2n) is 2.59. The van der Waals surface area contributed by atoms with Crippen LogP contribution in [0.3, 0.4) is 0 Å². The van der Waals surface area contributed by atoms with Crippen molar-refractivity contribution < 1.29 is 13.6 Å². The van der Waals surface area contributed by atoms with E-state index in [1.165, 1.54) is 31.2 Å². The summed E-state index contributed by atoms with van der Waals surface area (Å²) < 4.78 is 24.3. The summed E-state index contributed by atoms with van der Waals surface area (Å²) in [4.78, 5) is 10.8. The molecule has 68 valence electrons. The van der Waals surface area contributed by atoms with Crippen LogP contribution >= 0.6 is 0 Å². The Hall–Kier alpha value is -1.51. The fourth-order valence-corrected chi connectivity index (χ4v) is 0.927. The molecule has 0 spiro atoms. The zero-order chi connectivity index (χ0) is 9.84. The van der Waals surface area contributed by atoms with E-state index in [4.69, 9.17) is 0 Å². The lowest BCUT2D eigenvalue weighted by Gasteiger charge is -1.97. The van der Waals surface area contributed by atoms with E-state index in [1.54, 1.807) is 0 Å². The van der Waals surface area contributed by atoms with E-state index in [0.29, 0.717) is 5.56 Å². The smallest absolute Gasteiger partial charge is 0.159 e. The molecule has 0 radical (unpaired) electrons. The minimum Gasteiger partial charge on any atom is -0.295 e. The third-order valence-corrected chi connectivity index (χ3v) is 1.66. The van der Waals surface area contributed by atoms with Crippen molar-refractivity contribution in [2.75, 3.05) is 0 Å². The van der Waals surface area contributed by atoms with Gasteiger partial charge in [0.25, 0.3) is 0 Å². The molecule has 0 heterocycles. The molecule has 1 rings (SSSR count). The van der Waals surface area contributed by atoms with Gasteiger partial charge in [0, 0.05) is 11.1 Å². The number of hydrogen-bond donors (Lipinski definition) is 0. The average Bonchev–Trinajstić information content (AvgIpc) is 2.17. The van der Waals surface area contributed by atoms with Crippen molar-refractivity contribution in [1.29, 1.82) is 0 Å². The molecule has 1 aromatic rings. The summed E-state index contributed by atoms with van der Waals surface area (Å²) in [5.41, 5.74) is 0.614. The predicted molar refractivity (Wildman–Crippen MR) is 46.6 cm³/mol. The molecule has 0 amide bonds. The average molecular weight is 182 g/mol. The number of benzene rings is 1. The van der Waals surface area contributed by atoms with Crippen molar-refractivity contribution in [3.05, 3.63) is 41.7 Å². The third kappa shape index (κ3) is 2.21. The number of Topliss-reactive ketones (excluding diaryl/α,β-unsaturated/α-hetero) is 1. The van der Waals surface area contributed by atoms with Gasteiger partial charge in [0.2, 0.25) is 0 Å². The molecule has 0 aliphatic carbocycles. The zero-order valence-electron chi connectivity index (χ0n) is 7.05. The molecule has 0 fully saturated rings. The molecule has 0 aliphatic heterocycles. The van der Waals surface area contributed by atoms with E-state index in [-0.39, 0.29) is 17.7 Å². The van der Waals surface area contributed by atoms with E-state index in [9.17, 15) is 13.6 Å². The molecule has 0 bridgehead atoms. The van der Waals surface area contributed by atoms with Gasteiger partial charge in [0.1, 0.15) is 6.33 Å². The Morgan fingerprint density at radius 2 is 1.69 bits per heavy atom. The Bertz CT molecular complexity index is 338. The van der Waals surface area contributed by atoms with Gasteiger partial charge in [0.15, 0.2) is 11.6 Å². The highest BCUT2D eigenvalue weighted by Crippen LogP contribution is 2.16. The summed E-state index contributed by atoms with van der Waals surface area (Å²) in [6.07, 6.45) is -0.108. The van der Waals surface area contributed by atoms with E-state index in [1.807, 2.05) is 0 Å². The molecule has 1 nitrogen and oxygen atoms in total. The first-order valence-electron chi connectivity index (χ1n) is 3.72. The van der Waals surface area contributed by atoms with Crippen LogP contribution < -0.4 is 0 Å². The van der Waals surface area contributed by atoms with Gasteiger partial charge in [-0.3, -0.25) is 4.79 Å². The lowest BCUT2D eigenvalue weighted by atomic mass is 10.1. The number of carbonyl (C=O) groups excluding carboxylic acids is 1. The molecular formula is C10H8F2O. The third-order valence-electron chi connectivity index (χ3n) is 1.66. The predicted octanol–water partition coefficient (Wildman–Crippen LogP) is 3.13. The lowest BCUT2D eigenvalue weighted by molar-refractivity contribution is 0.101. The van der Waals surface area contributed by atoms with Crippen molar-refractivity contribution in [2.45, 2.75) is 6.92 Å². The van der Waals surface area contributed by atoms with Gasteiger partial charge in [-0.25, -0.2) is 8.78 Å². The SMILES string of the molecule is CC(=O)c1ccc(/C(F)=C/F)cc1. The molecule has 3 heteroatoms. The maximum Gasteiger partial charge on any atom is 0.159 e. The quantitative estimate of drug-likeness (QED) is 0.642. The van der Waals surface area contributed by atoms with Crippen LogP contribution in [-0.2, 0) is 0 Å². The molecular weight excluding hydrogens is 174 g/mol. The highest BCUT2D eigenvalue weighted by Gasteiger charge is 2.02. The second-order valence-corrected chi connectivity index (χ2v) is 2.59. The van der Waals surface area contributed by atoms with Gasteiger partial charge < -0.3 is 0 Å². The highest BCUT2D eigenvalue weighted by molar-refractivity contribution is 5.94. The van der Waals surface area contributed by atoms with Crippen LogP contribution in [0.1, 0.15) is 22.8 Å². The van der Waals surface area contributed by atoms with Crippen LogP contribution in [0.15, 0.2) is 30.6 Å². The van der Waals surface area contributed by atoms with Gasteiger partial charge in [-0.2, -0.15) is 0 Å². The Morgan fingerprint density at radius 1 is 1.23 bits per heavy atom. The molecule has 0 aromatic heterocycles. The molecule has 1 aromatic carbocycles. The van der Waals surface area contributed by atoms with Gasteiger partial charge in [-0.1, -0.05) is 24.3 Å². The minimum atomic E-state index is -0.935. The molecule has 0 saturated carbocycles. The summed E-state index contributed by atoms with van der Waals surface area (Å²) >= 11 is 0. The number of carbonyl (C=O) groups is 1. The summed E-state index contributed by atoms with van der Waals surface area (Å²) in [5.74, 6) is -1.04. The van der Waals surface area contributed by atoms with Gasteiger partial charge in [-0.05, 0) is 6.92 Å². The van der Waals surface area contributed by atoms with Gasteiger partial charge >= 0.3 is 0 Å². The summed E-state index contributed by atoms with van der Waals surface area (Å²) in [6, 6.07) is 5.64. The van der Waals surface area contributed by atoms with Crippen LogP contribution in [0.4, 0.5) is 8.78 Å². The van der Waals surface area contributed by atoms with Crippen LogP contribution in [-0.4, -0.2) is 5.78 Å². The van der Waals surface area contributed by atoms with Crippen LogP contribution in [0.2, 0.25) is 0 Å². The molecule has 0 aliphatic rings. The van der Waals surface area contributed by atoms with Crippen molar-refractivity contribution in [1.82, 2.24) is 0 Å². The molecule has 0 saturated heterocycles. The largest absolute Gasteiger partial charge is 0.295 e. The van der Waals surface area contributed by atoms with Crippen molar-refractivity contribution in [3.8, 4) is 0 Å². The Balaban J connectivity index is 3.00. The van der Waals surface area contributed by atoms with E-state index < -0.39 is 5.83 Å². The Labute approximate surface area is 74.7 Å². The van der Waals surface area contributed by atoms with E-state index in [2.05, 4.69) is 0 Å². The van der Waals surface area contributed by atoms with Gasteiger partial charge in [-0.15, -0.1) is 0 Å². The maximum atomic E-state index is 12.6. The number of hydrogen-bond acceptors (Lipinski definition) is 1. The Morgan fingerprint density at radius 3 is 2.08 bits per heavy atom. The van der Waals surface area contributed by atoms with Crippen molar-refractivity contribution in [3.63, 3.8) is 0 Å². The normalized spacial score (nSPS) is 11.5. The monoisotopic (exact) mass is 182 g/mol. The second kappa shape index (κ2) is 3.94. The standard InChI is InChI=1S/C10H8F2O/c1-7(13)8-2-4-9(5-3-8)10(12)6-11/h2-6H,1H3/b10-6-. The topological polar surface area (TPSA) is 17.1 Å². The first kappa shape index (κ1) is 9.58. The molecule has 0 unspecified atom stereocenters. The van der Waals surface area contributed by atoms with Crippen molar-refractivity contribution >= 4 is 11.6 Å². The first-order valence-corrected chi connectivity index (χ1v) is 3.72. The van der Waals surface area contributed by atoms with Crippen molar-refractivity contribution in [2.24, 2.45) is 0 Å². The highest BCUT2D eigenvalue weighted by atomic mass is 19.2. The molecule has 0 N–H and O–H groups in total. The number of halogens is 2.